The Hall–Kier alpha value is -0.350. The summed E-state index contributed by atoms with van der Waals surface area (Å²) in [6, 6.07) is 3.58. The summed E-state index contributed by atoms with van der Waals surface area (Å²) in [5, 5.41) is 0.897. The molecule has 0 radical (unpaired) electrons. The molecule has 54 valence electrons. The highest BCUT2D eigenvalue weighted by atomic mass is 33.1. The SMILES string of the molecule is CC(=O)c1ccc(SS)[nH]1. The zero-order valence-corrected chi connectivity index (χ0v) is 7.13. The van der Waals surface area contributed by atoms with Crippen LogP contribution in [0.1, 0.15) is 17.4 Å². The second-order valence-electron chi connectivity index (χ2n) is 1.88. The molecule has 2 nitrogen and oxygen atoms in total. The van der Waals surface area contributed by atoms with Crippen molar-refractivity contribution >= 4 is 28.2 Å². The van der Waals surface area contributed by atoms with Crippen molar-refractivity contribution in [2.24, 2.45) is 0 Å². The summed E-state index contributed by atoms with van der Waals surface area (Å²) in [6.45, 7) is 1.53. The lowest BCUT2D eigenvalue weighted by molar-refractivity contribution is 0.101. The fourth-order valence-corrected chi connectivity index (χ4v) is 1.24. The molecule has 0 atom stereocenters. The minimum atomic E-state index is 0.0497. The molecule has 1 heterocycles. The number of carbonyl (C=O) groups excluding carboxylic acids is 1. The van der Waals surface area contributed by atoms with E-state index in [1.807, 2.05) is 6.07 Å². The van der Waals surface area contributed by atoms with E-state index >= 15 is 0 Å². The third kappa shape index (κ3) is 1.58. The molecule has 1 aromatic rings. The lowest BCUT2D eigenvalue weighted by atomic mass is 10.3. The predicted octanol–water partition coefficient (Wildman–Crippen LogP) is 2.15. The van der Waals surface area contributed by atoms with Crippen LogP contribution in [0.4, 0.5) is 0 Å². The van der Waals surface area contributed by atoms with Crippen LogP contribution in [0, 0.1) is 0 Å². The summed E-state index contributed by atoms with van der Waals surface area (Å²) >= 11 is 3.97. The summed E-state index contributed by atoms with van der Waals surface area (Å²) < 4.78 is 0. The van der Waals surface area contributed by atoms with Crippen LogP contribution >= 0.6 is 22.5 Å². The topological polar surface area (TPSA) is 32.9 Å². The van der Waals surface area contributed by atoms with E-state index < -0.39 is 0 Å². The van der Waals surface area contributed by atoms with Gasteiger partial charge in [-0.3, -0.25) is 4.79 Å². The number of aromatic nitrogens is 1. The maximum absolute atomic E-state index is 10.7. The van der Waals surface area contributed by atoms with Gasteiger partial charge < -0.3 is 4.98 Å². The number of rotatable bonds is 2. The van der Waals surface area contributed by atoms with Crippen LogP contribution in [-0.4, -0.2) is 10.8 Å². The van der Waals surface area contributed by atoms with Gasteiger partial charge in [0.05, 0.1) is 10.7 Å². The van der Waals surface area contributed by atoms with Gasteiger partial charge in [-0.1, -0.05) is 0 Å². The zero-order valence-electron chi connectivity index (χ0n) is 5.42. The second-order valence-corrected chi connectivity index (χ2v) is 3.05. The Balaban J connectivity index is 2.88. The average Bonchev–Trinajstić information content (AvgIpc) is 2.34. The Morgan fingerprint density at radius 2 is 2.40 bits per heavy atom. The van der Waals surface area contributed by atoms with Crippen molar-refractivity contribution < 1.29 is 4.79 Å². The van der Waals surface area contributed by atoms with Gasteiger partial charge in [0.25, 0.3) is 0 Å². The van der Waals surface area contributed by atoms with Crippen LogP contribution in [0.3, 0.4) is 0 Å². The van der Waals surface area contributed by atoms with Crippen LogP contribution in [0.25, 0.3) is 0 Å². The largest absolute Gasteiger partial charge is 0.347 e. The third-order valence-corrected chi connectivity index (χ3v) is 2.16. The average molecular weight is 173 g/mol. The van der Waals surface area contributed by atoms with Gasteiger partial charge in [0.15, 0.2) is 5.78 Å². The van der Waals surface area contributed by atoms with E-state index in [9.17, 15) is 4.79 Å². The predicted molar refractivity (Wildman–Crippen MR) is 45.6 cm³/mol. The third-order valence-electron chi connectivity index (χ3n) is 1.14. The molecule has 0 fully saturated rings. The quantitative estimate of drug-likeness (QED) is 0.408. The molecule has 1 N–H and O–H groups in total. The number of Topliss-reactive ketones (excluding diaryl/α,β-unsaturated/α-hetero) is 1. The van der Waals surface area contributed by atoms with Crippen molar-refractivity contribution in [3.8, 4) is 0 Å². The molecule has 10 heavy (non-hydrogen) atoms. The van der Waals surface area contributed by atoms with Crippen molar-refractivity contribution in [1.82, 2.24) is 4.98 Å². The van der Waals surface area contributed by atoms with Gasteiger partial charge in [0, 0.05) is 6.92 Å². The van der Waals surface area contributed by atoms with E-state index in [0.717, 1.165) is 5.03 Å². The maximum atomic E-state index is 10.7. The molecule has 0 amide bonds. The normalized spacial score (nSPS) is 9.80. The number of hydrogen-bond donors (Lipinski definition) is 2. The zero-order chi connectivity index (χ0) is 7.56. The fourth-order valence-electron chi connectivity index (χ4n) is 0.634. The molecule has 0 aliphatic heterocycles. The Morgan fingerprint density at radius 1 is 1.70 bits per heavy atom. The molecule has 0 spiro atoms. The first-order valence-corrected chi connectivity index (χ1v) is 4.62. The maximum Gasteiger partial charge on any atom is 0.175 e. The Kier molecular flexibility index (Phi) is 2.45. The molecular weight excluding hydrogens is 166 g/mol. The Morgan fingerprint density at radius 3 is 2.70 bits per heavy atom. The summed E-state index contributed by atoms with van der Waals surface area (Å²) in [5.41, 5.74) is 0.636. The highest BCUT2D eigenvalue weighted by molar-refractivity contribution is 8.68. The number of thiol groups is 1. The van der Waals surface area contributed by atoms with Gasteiger partial charge in [0.1, 0.15) is 0 Å². The molecule has 1 rings (SSSR count). The van der Waals surface area contributed by atoms with E-state index in [4.69, 9.17) is 0 Å². The number of carbonyl (C=O) groups is 1. The molecule has 0 unspecified atom stereocenters. The van der Waals surface area contributed by atoms with Gasteiger partial charge in [-0.15, -0.1) is 11.7 Å². The van der Waals surface area contributed by atoms with Crippen molar-refractivity contribution in [3.05, 3.63) is 17.8 Å². The van der Waals surface area contributed by atoms with Crippen LogP contribution in [0.15, 0.2) is 17.2 Å². The number of nitrogens with one attached hydrogen (secondary N) is 1. The summed E-state index contributed by atoms with van der Waals surface area (Å²) in [7, 11) is 1.29. The van der Waals surface area contributed by atoms with Gasteiger partial charge in [0.2, 0.25) is 0 Å². The van der Waals surface area contributed by atoms with Gasteiger partial charge in [-0.25, -0.2) is 0 Å². The number of hydrogen-bond acceptors (Lipinski definition) is 3. The van der Waals surface area contributed by atoms with Gasteiger partial charge in [-0.2, -0.15) is 0 Å². The highest BCUT2D eigenvalue weighted by Crippen LogP contribution is 2.19. The number of ketones is 1. The van der Waals surface area contributed by atoms with E-state index in [2.05, 4.69) is 16.6 Å². The Labute approximate surface area is 68.2 Å². The van der Waals surface area contributed by atoms with Crippen LogP contribution in [-0.2, 0) is 0 Å². The smallest absolute Gasteiger partial charge is 0.175 e. The molecule has 0 saturated heterocycles. The van der Waals surface area contributed by atoms with E-state index in [1.165, 1.54) is 17.7 Å². The molecule has 1 aromatic heterocycles. The number of H-pyrrole nitrogens is 1. The van der Waals surface area contributed by atoms with Crippen LogP contribution < -0.4 is 0 Å². The van der Waals surface area contributed by atoms with E-state index in [0.29, 0.717) is 5.69 Å². The molecule has 0 aliphatic carbocycles. The number of aromatic amines is 1. The first-order valence-electron chi connectivity index (χ1n) is 2.75. The molecule has 0 saturated carbocycles. The molecule has 0 aromatic carbocycles. The standard InChI is InChI=1S/C6H7NOS2/c1-4(8)5-2-3-6(7-5)10-9/h2-3,7,9H,1H3. The van der Waals surface area contributed by atoms with Crippen molar-refractivity contribution in [3.63, 3.8) is 0 Å². The molecular formula is C6H7NOS2. The van der Waals surface area contributed by atoms with Crippen molar-refractivity contribution in [1.29, 1.82) is 0 Å². The second kappa shape index (κ2) is 3.16. The molecule has 0 bridgehead atoms. The lowest BCUT2D eigenvalue weighted by Crippen LogP contribution is -1.90. The fraction of sp³-hybridized carbons (Fsp3) is 0.167. The Bertz CT molecular complexity index is 244. The minimum Gasteiger partial charge on any atom is -0.347 e. The summed E-state index contributed by atoms with van der Waals surface area (Å²) in [5.74, 6) is 0.0497. The monoisotopic (exact) mass is 173 g/mol. The lowest BCUT2D eigenvalue weighted by Gasteiger charge is -1.87. The van der Waals surface area contributed by atoms with Gasteiger partial charge in [-0.05, 0) is 22.9 Å². The van der Waals surface area contributed by atoms with Crippen LogP contribution in [0.5, 0.6) is 0 Å². The first kappa shape index (κ1) is 7.75. The molecule has 4 heteroatoms. The minimum absolute atomic E-state index is 0.0497. The van der Waals surface area contributed by atoms with Gasteiger partial charge >= 0.3 is 0 Å². The van der Waals surface area contributed by atoms with Crippen LogP contribution in [0.2, 0.25) is 0 Å². The van der Waals surface area contributed by atoms with E-state index in [-0.39, 0.29) is 5.78 Å². The highest BCUT2D eigenvalue weighted by Gasteiger charge is 2.00. The van der Waals surface area contributed by atoms with Crippen molar-refractivity contribution in [2.75, 3.05) is 0 Å². The van der Waals surface area contributed by atoms with Crippen molar-refractivity contribution in [2.45, 2.75) is 11.9 Å². The summed E-state index contributed by atoms with van der Waals surface area (Å²) in [6.07, 6.45) is 0. The summed E-state index contributed by atoms with van der Waals surface area (Å²) in [4.78, 5) is 13.6. The van der Waals surface area contributed by atoms with E-state index in [1.54, 1.807) is 6.07 Å². The molecule has 0 aliphatic rings. The first-order chi connectivity index (χ1) is 4.74.